The highest BCUT2D eigenvalue weighted by Gasteiger charge is 2.23. The molecule has 7 nitrogen and oxygen atoms in total. The second-order valence-electron chi connectivity index (χ2n) is 6.38. The Morgan fingerprint density at radius 3 is 2.15 bits per heavy atom. The Balaban J connectivity index is 1.95. The van der Waals surface area contributed by atoms with Crippen LogP contribution in [0.2, 0.25) is 0 Å². The summed E-state index contributed by atoms with van der Waals surface area (Å²) in [5, 5.41) is 0. The second-order valence-corrected chi connectivity index (χ2v) is 8.42. The first-order valence-corrected chi connectivity index (χ1v) is 9.74. The maximum absolute atomic E-state index is 12.5. The van der Waals surface area contributed by atoms with E-state index in [-0.39, 0.29) is 4.90 Å². The van der Waals surface area contributed by atoms with Crippen LogP contribution in [-0.4, -0.2) is 38.1 Å². The van der Waals surface area contributed by atoms with Crippen LogP contribution < -0.4 is 10.9 Å². The predicted molar refractivity (Wildman–Crippen MR) is 103 cm³/mol. The van der Waals surface area contributed by atoms with E-state index in [0.717, 1.165) is 21.0 Å². The van der Waals surface area contributed by atoms with Crippen molar-refractivity contribution in [1.82, 2.24) is 15.2 Å². The van der Waals surface area contributed by atoms with Gasteiger partial charge in [-0.05, 0) is 56.2 Å². The van der Waals surface area contributed by atoms with Gasteiger partial charge in [0.2, 0.25) is 10.0 Å². The molecule has 2 aromatic carbocycles. The molecule has 0 fully saturated rings. The van der Waals surface area contributed by atoms with Crippen molar-refractivity contribution in [1.29, 1.82) is 0 Å². The minimum Gasteiger partial charge on any atom is -0.272 e. The summed E-state index contributed by atoms with van der Waals surface area (Å²) in [4.78, 5) is 24.2. The van der Waals surface area contributed by atoms with Crippen molar-refractivity contribution in [2.45, 2.75) is 25.7 Å². The third-order valence-corrected chi connectivity index (χ3v) is 6.00. The molecule has 0 aromatic heterocycles. The summed E-state index contributed by atoms with van der Waals surface area (Å²) in [5.74, 6) is -1.12. The number of benzene rings is 2. The largest absolute Gasteiger partial charge is 0.272 e. The van der Waals surface area contributed by atoms with Gasteiger partial charge in [0.05, 0.1) is 11.4 Å². The molecule has 0 aliphatic carbocycles. The third kappa shape index (κ3) is 5.15. The summed E-state index contributed by atoms with van der Waals surface area (Å²) in [5.41, 5.74) is 7.87. The molecule has 8 heteroatoms. The topological polar surface area (TPSA) is 95.6 Å². The van der Waals surface area contributed by atoms with Crippen LogP contribution in [0.5, 0.6) is 0 Å². The lowest BCUT2D eigenvalue weighted by molar-refractivity contribution is -0.121. The van der Waals surface area contributed by atoms with E-state index in [9.17, 15) is 18.0 Å². The van der Waals surface area contributed by atoms with E-state index in [0.29, 0.717) is 5.56 Å². The van der Waals surface area contributed by atoms with E-state index in [1.54, 1.807) is 24.3 Å². The molecule has 2 amide bonds. The quantitative estimate of drug-likeness (QED) is 0.761. The molecule has 0 aliphatic rings. The van der Waals surface area contributed by atoms with Crippen molar-refractivity contribution in [3.63, 3.8) is 0 Å². The first-order valence-electron chi connectivity index (χ1n) is 8.30. The van der Waals surface area contributed by atoms with Crippen LogP contribution in [0.15, 0.2) is 47.4 Å². The van der Waals surface area contributed by atoms with Gasteiger partial charge in [0.25, 0.3) is 11.8 Å². The fraction of sp³-hybridized carbons (Fsp3) is 0.263. The van der Waals surface area contributed by atoms with Crippen molar-refractivity contribution < 1.29 is 18.0 Å². The molecule has 2 aromatic rings. The summed E-state index contributed by atoms with van der Waals surface area (Å²) in [6, 6.07) is 11.5. The number of hydrazine groups is 1. The Morgan fingerprint density at radius 2 is 1.56 bits per heavy atom. The molecule has 2 N–H and O–H groups in total. The summed E-state index contributed by atoms with van der Waals surface area (Å²) < 4.78 is 25.9. The lowest BCUT2D eigenvalue weighted by Crippen LogP contribution is -2.46. The van der Waals surface area contributed by atoms with Crippen LogP contribution in [0.4, 0.5) is 0 Å². The molecule has 0 saturated carbocycles. The number of hydrogen-bond acceptors (Lipinski definition) is 4. The number of sulfonamides is 1. The number of likely N-dealkylation sites (N-methyl/N-ethyl adjacent to an activating group) is 1. The van der Waals surface area contributed by atoms with Crippen molar-refractivity contribution in [3.05, 3.63) is 64.7 Å². The number of amides is 2. The molecular formula is C19H23N3O4S. The van der Waals surface area contributed by atoms with Crippen molar-refractivity contribution in [3.8, 4) is 0 Å². The number of rotatable bonds is 5. The number of nitrogens with one attached hydrogen (secondary N) is 2. The van der Waals surface area contributed by atoms with Gasteiger partial charge in [-0.15, -0.1) is 0 Å². The SMILES string of the molecule is Cc1ccc(S(=O)(=O)N(C)CC(=O)NNC(=O)c2ccc(C)c(C)c2)cc1. The summed E-state index contributed by atoms with van der Waals surface area (Å²) >= 11 is 0. The Morgan fingerprint density at radius 1 is 0.926 bits per heavy atom. The molecule has 0 spiro atoms. The summed E-state index contributed by atoms with van der Waals surface area (Å²) in [6.07, 6.45) is 0. The lowest BCUT2D eigenvalue weighted by Gasteiger charge is -2.17. The highest BCUT2D eigenvalue weighted by Crippen LogP contribution is 2.14. The van der Waals surface area contributed by atoms with E-state index in [4.69, 9.17) is 0 Å². The maximum atomic E-state index is 12.5. The van der Waals surface area contributed by atoms with Crippen LogP contribution in [0, 0.1) is 20.8 Å². The molecule has 0 radical (unpaired) electrons. The van der Waals surface area contributed by atoms with Crippen LogP contribution >= 0.6 is 0 Å². The fourth-order valence-corrected chi connectivity index (χ4v) is 3.43. The average Bonchev–Trinajstić information content (AvgIpc) is 2.62. The monoisotopic (exact) mass is 389 g/mol. The summed E-state index contributed by atoms with van der Waals surface area (Å²) in [7, 11) is -2.49. The standard InChI is InChI=1S/C19H23N3O4S/c1-13-5-9-17(10-6-13)27(25,26)22(4)12-18(23)20-21-19(24)16-8-7-14(2)15(3)11-16/h5-11H,12H2,1-4H3,(H,20,23)(H,21,24). The molecule has 0 heterocycles. The smallest absolute Gasteiger partial charge is 0.269 e. The minimum atomic E-state index is -3.79. The molecule has 0 aliphatic heterocycles. The van der Waals surface area contributed by atoms with Gasteiger partial charge in [0.1, 0.15) is 0 Å². The van der Waals surface area contributed by atoms with Crippen molar-refractivity contribution in [2.24, 2.45) is 0 Å². The normalized spacial score (nSPS) is 11.3. The molecule has 2 rings (SSSR count). The van der Waals surface area contributed by atoms with Gasteiger partial charge in [-0.1, -0.05) is 23.8 Å². The Bertz CT molecular complexity index is 953. The number of hydrogen-bond donors (Lipinski definition) is 2. The van der Waals surface area contributed by atoms with Gasteiger partial charge < -0.3 is 0 Å². The zero-order valence-corrected chi connectivity index (χ0v) is 16.6. The Kier molecular flexibility index (Phi) is 6.35. The van der Waals surface area contributed by atoms with Gasteiger partial charge in [-0.25, -0.2) is 8.42 Å². The zero-order valence-electron chi connectivity index (χ0n) is 15.7. The van der Waals surface area contributed by atoms with Crippen molar-refractivity contribution in [2.75, 3.05) is 13.6 Å². The zero-order chi connectivity index (χ0) is 20.2. The van der Waals surface area contributed by atoms with Crippen molar-refractivity contribution >= 4 is 21.8 Å². The highest BCUT2D eigenvalue weighted by molar-refractivity contribution is 7.89. The fourth-order valence-electron chi connectivity index (χ4n) is 2.30. The molecule has 144 valence electrons. The number of carbonyl (C=O) groups excluding carboxylic acids is 2. The first-order chi connectivity index (χ1) is 12.6. The second kappa shape index (κ2) is 8.32. The van der Waals surface area contributed by atoms with E-state index in [1.165, 1.54) is 19.2 Å². The van der Waals surface area contributed by atoms with Crippen LogP contribution in [0.1, 0.15) is 27.0 Å². The molecule has 0 atom stereocenters. The number of nitrogens with zero attached hydrogens (tertiary/aromatic N) is 1. The predicted octanol–water partition coefficient (Wildman–Crippen LogP) is 1.69. The minimum absolute atomic E-state index is 0.0996. The Hall–Kier alpha value is -2.71. The molecule has 0 saturated heterocycles. The highest BCUT2D eigenvalue weighted by atomic mass is 32.2. The van der Waals surface area contributed by atoms with Gasteiger partial charge >= 0.3 is 0 Å². The number of aryl methyl sites for hydroxylation is 3. The summed E-state index contributed by atoms with van der Waals surface area (Å²) in [6.45, 7) is 5.24. The maximum Gasteiger partial charge on any atom is 0.269 e. The first kappa shape index (κ1) is 20.6. The van der Waals surface area contributed by atoms with Gasteiger partial charge in [0.15, 0.2) is 0 Å². The molecular weight excluding hydrogens is 366 g/mol. The third-order valence-electron chi connectivity index (χ3n) is 4.18. The van der Waals surface area contributed by atoms with E-state index in [1.807, 2.05) is 26.8 Å². The number of carbonyl (C=O) groups is 2. The van der Waals surface area contributed by atoms with E-state index in [2.05, 4.69) is 10.9 Å². The molecule has 0 bridgehead atoms. The Labute approximate surface area is 159 Å². The van der Waals surface area contributed by atoms with Crippen LogP contribution in [0.25, 0.3) is 0 Å². The lowest BCUT2D eigenvalue weighted by atomic mass is 10.1. The van der Waals surface area contributed by atoms with Crippen LogP contribution in [0.3, 0.4) is 0 Å². The van der Waals surface area contributed by atoms with Gasteiger partial charge in [0, 0.05) is 12.6 Å². The van der Waals surface area contributed by atoms with Gasteiger partial charge in [-0.2, -0.15) is 4.31 Å². The molecule has 27 heavy (non-hydrogen) atoms. The van der Waals surface area contributed by atoms with E-state index < -0.39 is 28.4 Å². The molecule has 0 unspecified atom stereocenters. The van der Waals surface area contributed by atoms with Crippen LogP contribution in [-0.2, 0) is 14.8 Å². The van der Waals surface area contributed by atoms with E-state index >= 15 is 0 Å². The average molecular weight is 389 g/mol. The van der Waals surface area contributed by atoms with Gasteiger partial charge in [-0.3, -0.25) is 20.4 Å².